The molecule has 4 rings (SSSR count). The van der Waals surface area contributed by atoms with Crippen molar-refractivity contribution in [2.45, 2.75) is 39.0 Å². The molecule has 0 spiro atoms. The maximum atomic E-state index is 10.8. The van der Waals surface area contributed by atoms with Gasteiger partial charge in [0, 0.05) is 31.6 Å². The molecular weight excluding hydrogens is 412 g/mol. The maximum Gasteiger partial charge on any atom is 0.145 e. The fourth-order valence-corrected chi connectivity index (χ4v) is 4.17. The van der Waals surface area contributed by atoms with E-state index in [1.54, 1.807) is 0 Å². The number of hydrogen-bond donors (Lipinski definition) is 1. The van der Waals surface area contributed by atoms with Gasteiger partial charge in [-0.05, 0) is 36.6 Å². The van der Waals surface area contributed by atoms with Gasteiger partial charge in [-0.1, -0.05) is 78.0 Å². The Morgan fingerprint density at radius 3 is 2.42 bits per heavy atom. The fourth-order valence-electron chi connectivity index (χ4n) is 4.17. The van der Waals surface area contributed by atoms with Gasteiger partial charge in [-0.25, -0.2) is 0 Å². The van der Waals surface area contributed by atoms with E-state index in [0.29, 0.717) is 13.1 Å². The summed E-state index contributed by atoms with van der Waals surface area (Å²) in [5, 5.41) is 15.1. The monoisotopic (exact) mass is 444 g/mol. The number of hydrogen-bond acceptors (Lipinski definition) is 5. The molecule has 5 nitrogen and oxygen atoms in total. The minimum absolute atomic E-state index is 0.0483. The zero-order valence-corrected chi connectivity index (χ0v) is 19.4. The highest BCUT2D eigenvalue weighted by atomic mass is 16.6. The first-order valence-corrected chi connectivity index (χ1v) is 11.5. The molecule has 0 aromatic heterocycles. The second-order valence-electron chi connectivity index (χ2n) is 8.69. The van der Waals surface area contributed by atoms with Gasteiger partial charge in [0.05, 0.1) is 5.71 Å². The smallest absolute Gasteiger partial charge is 0.145 e. The average molecular weight is 445 g/mol. The van der Waals surface area contributed by atoms with Crippen molar-refractivity contribution in [3.05, 3.63) is 101 Å². The highest BCUT2D eigenvalue weighted by molar-refractivity contribution is 6.02. The van der Waals surface area contributed by atoms with Gasteiger partial charge in [0.25, 0.3) is 0 Å². The van der Waals surface area contributed by atoms with Crippen LogP contribution in [-0.4, -0.2) is 47.6 Å². The number of nitrogens with zero attached hydrogens (tertiary/aromatic N) is 2. The molecule has 1 N–H and O–H groups in total. The van der Waals surface area contributed by atoms with Crippen LogP contribution in [0.15, 0.2) is 84.0 Å². The first-order chi connectivity index (χ1) is 16.1. The summed E-state index contributed by atoms with van der Waals surface area (Å²) in [5.74, 6) is 0.807. The summed E-state index contributed by atoms with van der Waals surface area (Å²) in [5.41, 5.74) is 5.58. The molecule has 1 aliphatic heterocycles. The van der Waals surface area contributed by atoms with Gasteiger partial charge in [0.2, 0.25) is 0 Å². The number of aliphatic hydroxyl groups excluding tert-OH is 1. The molecule has 0 radical (unpaired) electrons. The van der Waals surface area contributed by atoms with Gasteiger partial charge < -0.3 is 14.7 Å². The zero-order valence-electron chi connectivity index (χ0n) is 19.4. The molecule has 0 bridgehead atoms. The van der Waals surface area contributed by atoms with Gasteiger partial charge in [-0.2, -0.15) is 0 Å². The minimum atomic E-state index is -0.619. The molecule has 172 valence electrons. The van der Waals surface area contributed by atoms with Crippen LogP contribution in [0.5, 0.6) is 5.75 Å². The lowest BCUT2D eigenvalue weighted by Crippen LogP contribution is -2.39. The van der Waals surface area contributed by atoms with Crippen molar-refractivity contribution in [1.29, 1.82) is 0 Å². The van der Waals surface area contributed by atoms with Crippen LogP contribution in [0, 0.1) is 13.8 Å². The third-order valence-corrected chi connectivity index (χ3v) is 5.89. The summed E-state index contributed by atoms with van der Waals surface area (Å²) in [6.45, 7) is 6.23. The van der Waals surface area contributed by atoms with Crippen LogP contribution in [0.25, 0.3) is 0 Å². The Hall–Kier alpha value is -3.15. The van der Waals surface area contributed by atoms with Crippen LogP contribution in [0.3, 0.4) is 0 Å². The van der Waals surface area contributed by atoms with Crippen LogP contribution >= 0.6 is 0 Å². The Balaban J connectivity index is 1.37. The Bertz CT molecular complexity index is 1070. The van der Waals surface area contributed by atoms with Crippen molar-refractivity contribution >= 4 is 5.71 Å². The molecule has 3 aromatic carbocycles. The highest BCUT2D eigenvalue weighted by Gasteiger charge is 2.26. The number of rotatable bonds is 10. The first-order valence-electron chi connectivity index (χ1n) is 11.5. The van der Waals surface area contributed by atoms with Crippen molar-refractivity contribution in [3.8, 4) is 5.75 Å². The summed E-state index contributed by atoms with van der Waals surface area (Å²) in [7, 11) is 0. The number of oxime groups is 1. The quantitative estimate of drug-likeness (QED) is 0.491. The van der Waals surface area contributed by atoms with E-state index in [2.05, 4.69) is 41.2 Å². The van der Waals surface area contributed by atoms with Crippen LogP contribution < -0.4 is 4.74 Å². The lowest BCUT2D eigenvalue weighted by Gasteiger charge is -2.27. The lowest BCUT2D eigenvalue weighted by molar-refractivity contribution is 0.0212. The van der Waals surface area contributed by atoms with E-state index in [0.717, 1.165) is 35.6 Å². The van der Waals surface area contributed by atoms with Crippen LogP contribution in [-0.2, 0) is 11.4 Å². The van der Waals surface area contributed by atoms with Crippen molar-refractivity contribution in [3.63, 3.8) is 0 Å². The molecule has 0 saturated carbocycles. The summed E-state index contributed by atoms with van der Waals surface area (Å²) in [4.78, 5) is 8.03. The Morgan fingerprint density at radius 1 is 0.970 bits per heavy atom. The predicted molar refractivity (Wildman–Crippen MR) is 132 cm³/mol. The average Bonchev–Trinajstić information content (AvgIpc) is 3.27. The van der Waals surface area contributed by atoms with Crippen molar-refractivity contribution in [1.82, 2.24) is 4.90 Å². The normalized spacial score (nSPS) is 16.4. The molecule has 1 heterocycles. The van der Waals surface area contributed by atoms with Crippen LogP contribution in [0.4, 0.5) is 0 Å². The van der Waals surface area contributed by atoms with Gasteiger partial charge in [-0.15, -0.1) is 0 Å². The predicted octanol–water partition coefficient (Wildman–Crippen LogP) is 4.74. The third kappa shape index (κ3) is 6.44. The first kappa shape index (κ1) is 23.0. The van der Waals surface area contributed by atoms with Crippen molar-refractivity contribution in [2.75, 3.05) is 19.7 Å². The van der Waals surface area contributed by atoms with E-state index in [4.69, 9.17) is 9.57 Å². The topological polar surface area (TPSA) is 54.3 Å². The van der Waals surface area contributed by atoms with Gasteiger partial charge in [0.1, 0.15) is 24.6 Å². The SMILES string of the molecule is Cc1ccccc1OC[C@@H](O)CN(Cc1ccccc1)C[C@H]1CC(c2ccccc2C)=NO1. The fraction of sp³-hybridized carbons (Fsp3) is 0.321. The standard InChI is InChI=1S/C28H32N2O3/c1-21-10-6-8-14-26(21)27-16-25(33-29-27)19-30(17-23-12-4-3-5-13-23)18-24(31)20-32-28-15-9-7-11-22(28)2/h3-15,24-25,31H,16-20H2,1-2H3/t24-,25+/m0/s1. The molecule has 0 saturated heterocycles. The van der Waals surface area contributed by atoms with Gasteiger partial charge >= 0.3 is 0 Å². The second-order valence-corrected chi connectivity index (χ2v) is 8.69. The maximum absolute atomic E-state index is 10.8. The molecule has 0 amide bonds. The van der Waals surface area contributed by atoms with E-state index in [9.17, 15) is 5.11 Å². The summed E-state index contributed by atoms with van der Waals surface area (Å²) in [6.07, 6.45) is 0.0886. The van der Waals surface area contributed by atoms with Crippen LogP contribution in [0.1, 0.15) is 28.7 Å². The third-order valence-electron chi connectivity index (χ3n) is 5.89. The molecule has 2 atom stereocenters. The summed E-state index contributed by atoms with van der Waals surface area (Å²) in [6, 6.07) is 26.4. The van der Waals surface area contributed by atoms with Crippen LogP contribution in [0.2, 0.25) is 0 Å². The number of ether oxygens (including phenoxy) is 1. The van der Waals surface area contributed by atoms with E-state index in [-0.39, 0.29) is 12.7 Å². The van der Waals surface area contributed by atoms with Gasteiger partial charge in [0.15, 0.2) is 0 Å². The number of aliphatic hydroxyl groups is 1. The largest absolute Gasteiger partial charge is 0.491 e. The minimum Gasteiger partial charge on any atom is -0.491 e. The molecule has 5 heteroatoms. The second kappa shape index (κ2) is 11.1. The Kier molecular flexibility index (Phi) is 7.76. The number of benzene rings is 3. The summed E-state index contributed by atoms with van der Waals surface area (Å²) >= 11 is 0. The van der Waals surface area contributed by atoms with E-state index < -0.39 is 6.10 Å². The Labute approximate surface area is 196 Å². The highest BCUT2D eigenvalue weighted by Crippen LogP contribution is 2.21. The lowest BCUT2D eigenvalue weighted by atomic mass is 10.00. The number of aryl methyl sites for hydroxylation is 2. The molecule has 3 aromatic rings. The van der Waals surface area contributed by atoms with Crippen molar-refractivity contribution in [2.24, 2.45) is 5.16 Å². The number of para-hydroxylation sites is 1. The van der Waals surface area contributed by atoms with Gasteiger partial charge in [-0.3, -0.25) is 4.90 Å². The Morgan fingerprint density at radius 2 is 1.67 bits per heavy atom. The molecule has 1 aliphatic rings. The molecule has 0 fully saturated rings. The molecule has 0 unspecified atom stereocenters. The van der Waals surface area contributed by atoms with E-state index >= 15 is 0 Å². The molecule has 0 aliphatic carbocycles. The summed E-state index contributed by atoms with van der Waals surface area (Å²) < 4.78 is 5.88. The van der Waals surface area contributed by atoms with E-state index in [1.807, 2.05) is 61.5 Å². The van der Waals surface area contributed by atoms with Crippen molar-refractivity contribution < 1.29 is 14.7 Å². The molecule has 33 heavy (non-hydrogen) atoms. The zero-order chi connectivity index (χ0) is 23.0. The molecular formula is C28H32N2O3. The van der Waals surface area contributed by atoms with E-state index in [1.165, 1.54) is 11.1 Å².